The van der Waals surface area contributed by atoms with E-state index < -0.39 is 0 Å². The van der Waals surface area contributed by atoms with Gasteiger partial charge in [0.05, 0.1) is 0 Å². The van der Waals surface area contributed by atoms with E-state index in [4.69, 9.17) is 0 Å². The molecule has 1 aliphatic rings. The van der Waals surface area contributed by atoms with Crippen molar-refractivity contribution in [2.24, 2.45) is 0 Å². The molecule has 0 fully saturated rings. The molecule has 0 saturated carbocycles. The summed E-state index contributed by atoms with van der Waals surface area (Å²) in [6.07, 6.45) is 0. The first-order chi connectivity index (χ1) is 12.2. The summed E-state index contributed by atoms with van der Waals surface area (Å²) in [6.45, 7) is 4.61. The molecule has 1 aliphatic carbocycles. The van der Waals surface area contributed by atoms with Crippen LogP contribution < -0.4 is 0 Å². The molecule has 0 nitrogen and oxygen atoms in total. The zero-order valence-corrected chi connectivity index (χ0v) is 14.5. The molecule has 0 atom stereocenters. The first-order valence-corrected chi connectivity index (χ1v) is 8.80. The Hall–Kier alpha value is -2.86. The predicted octanol–water partition coefficient (Wildman–Crippen LogP) is 6.61. The second-order valence-corrected chi connectivity index (χ2v) is 7.37. The van der Waals surface area contributed by atoms with E-state index in [9.17, 15) is 0 Å². The molecule has 0 bridgehead atoms. The quantitative estimate of drug-likeness (QED) is 0.370. The Morgan fingerprint density at radius 2 is 1.52 bits per heavy atom. The number of rotatable bonds is 1. The maximum atomic E-state index is 3.47. The van der Waals surface area contributed by atoms with Gasteiger partial charge in [0.1, 0.15) is 0 Å². The first kappa shape index (κ1) is 14.5. The van der Waals surface area contributed by atoms with E-state index in [1.54, 1.807) is 0 Å². The van der Waals surface area contributed by atoms with Crippen LogP contribution in [0.15, 0.2) is 78.9 Å². The second-order valence-electron chi connectivity index (χ2n) is 7.37. The minimum atomic E-state index is -0.00742. The van der Waals surface area contributed by atoms with Crippen LogP contribution in [0, 0.1) is 6.07 Å². The van der Waals surface area contributed by atoms with E-state index in [0.29, 0.717) is 0 Å². The van der Waals surface area contributed by atoms with Crippen molar-refractivity contribution in [2.45, 2.75) is 19.3 Å². The van der Waals surface area contributed by atoms with Gasteiger partial charge in [-0.05, 0) is 56.3 Å². The molecule has 4 aromatic carbocycles. The highest BCUT2D eigenvalue weighted by atomic mass is 14.4. The van der Waals surface area contributed by atoms with Crippen molar-refractivity contribution in [1.82, 2.24) is 0 Å². The normalized spacial score (nSPS) is 14.3. The first-order valence-electron chi connectivity index (χ1n) is 8.80. The van der Waals surface area contributed by atoms with Crippen LogP contribution in [0.3, 0.4) is 0 Å². The molecule has 5 rings (SSSR count). The third-order valence-electron chi connectivity index (χ3n) is 5.56. The van der Waals surface area contributed by atoms with E-state index in [1.165, 1.54) is 44.2 Å². The van der Waals surface area contributed by atoms with Gasteiger partial charge in [-0.2, -0.15) is 0 Å². The van der Waals surface area contributed by atoms with Crippen molar-refractivity contribution < 1.29 is 0 Å². The van der Waals surface area contributed by atoms with Crippen molar-refractivity contribution in [3.8, 4) is 22.3 Å². The maximum absolute atomic E-state index is 3.47. The van der Waals surface area contributed by atoms with Gasteiger partial charge >= 0.3 is 0 Å². The van der Waals surface area contributed by atoms with Crippen LogP contribution in [0.1, 0.15) is 25.0 Å². The fourth-order valence-electron chi connectivity index (χ4n) is 4.25. The lowest BCUT2D eigenvalue weighted by atomic mass is 9.81. The van der Waals surface area contributed by atoms with Crippen LogP contribution in [0.25, 0.3) is 33.0 Å². The van der Waals surface area contributed by atoms with Crippen LogP contribution >= 0.6 is 0 Å². The van der Waals surface area contributed by atoms with Gasteiger partial charge in [0.2, 0.25) is 0 Å². The fourth-order valence-corrected chi connectivity index (χ4v) is 4.25. The van der Waals surface area contributed by atoms with Gasteiger partial charge in [-0.25, -0.2) is 0 Å². The van der Waals surface area contributed by atoms with Crippen LogP contribution in [0.2, 0.25) is 0 Å². The molecule has 0 saturated heterocycles. The van der Waals surface area contributed by atoms with Gasteiger partial charge in [-0.3, -0.25) is 0 Å². The van der Waals surface area contributed by atoms with Crippen molar-refractivity contribution in [1.29, 1.82) is 0 Å². The van der Waals surface area contributed by atoms with Gasteiger partial charge in [0.15, 0.2) is 0 Å². The summed E-state index contributed by atoms with van der Waals surface area (Å²) in [5, 5.41) is 2.60. The third kappa shape index (κ3) is 2.01. The standard InChI is InChI=1S/C25H19/c1-25(2)23-13-6-5-11-21(23)22-15-14-18(16-24(22)25)20-12-7-9-17-8-3-4-10-19(17)20/h3-12,14-16H,1-2H3. The second kappa shape index (κ2) is 5.07. The van der Waals surface area contributed by atoms with E-state index in [-0.39, 0.29) is 5.41 Å². The fraction of sp³-hybridized carbons (Fsp3) is 0.120. The van der Waals surface area contributed by atoms with Gasteiger partial charge < -0.3 is 0 Å². The molecule has 1 radical (unpaired) electrons. The largest absolute Gasteiger partial charge is 0.0616 e. The van der Waals surface area contributed by atoms with Crippen LogP contribution in [-0.4, -0.2) is 0 Å². The summed E-state index contributed by atoms with van der Waals surface area (Å²) in [5.41, 5.74) is 7.96. The van der Waals surface area contributed by atoms with E-state index >= 15 is 0 Å². The van der Waals surface area contributed by atoms with Crippen molar-refractivity contribution in [3.05, 3.63) is 96.1 Å². The number of hydrogen-bond acceptors (Lipinski definition) is 0. The SMILES string of the molecule is CC1(C)c2[c]cccc2-c2ccc(-c3cccc4ccccc34)cc21. The molecule has 0 spiro atoms. The summed E-state index contributed by atoms with van der Waals surface area (Å²) < 4.78 is 0. The average Bonchev–Trinajstić information content (AvgIpc) is 2.89. The highest BCUT2D eigenvalue weighted by Gasteiger charge is 2.35. The zero-order chi connectivity index (χ0) is 17.0. The monoisotopic (exact) mass is 319 g/mol. The Labute approximate surface area is 148 Å². The Balaban J connectivity index is 1.76. The summed E-state index contributed by atoms with van der Waals surface area (Å²) >= 11 is 0. The average molecular weight is 319 g/mol. The highest BCUT2D eigenvalue weighted by molar-refractivity contribution is 5.97. The van der Waals surface area contributed by atoms with Crippen LogP contribution in [0.5, 0.6) is 0 Å². The minimum Gasteiger partial charge on any atom is -0.0616 e. The molecule has 0 unspecified atom stereocenters. The molecular formula is C25H19. The highest BCUT2D eigenvalue weighted by Crippen LogP contribution is 2.49. The zero-order valence-electron chi connectivity index (χ0n) is 14.5. The molecule has 0 aliphatic heterocycles. The molecule has 25 heavy (non-hydrogen) atoms. The maximum Gasteiger partial charge on any atom is 0.0165 e. The Morgan fingerprint density at radius 3 is 2.44 bits per heavy atom. The Morgan fingerprint density at radius 1 is 0.720 bits per heavy atom. The molecule has 119 valence electrons. The van der Waals surface area contributed by atoms with E-state index in [2.05, 4.69) is 92.7 Å². The summed E-state index contributed by atoms with van der Waals surface area (Å²) in [4.78, 5) is 0. The smallest absolute Gasteiger partial charge is 0.0165 e. The molecule has 0 heteroatoms. The van der Waals surface area contributed by atoms with E-state index in [0.717, 1.165) is 0 Å². The lowest BCUT2D eigenvalue weighted by Crippen LogP contribution is -2.15. The number of hydrogen-bond donors (Lipinski definition) is 0. The lowest BCUT2D eigenvalue weighted by Gasteiger charge is -2.21. The van der Waals surface area contributed by atoms with Crippen LogP contribution in [0.4, 0.5) is 0 Å². The minimum absolute atomic E-state index is 0.00742. The molecule has 4 aromatic rings. The Kier molecular flexibility index (Phi) is 2.93. The van der Waals surface area contributed by atoms with E-state index in [1.807, 2.05) is 6.07 Å². The predicted molar refractivity (Wildman–Crippen MR) is 106 cm³/mol. The lowest BCUT2D eigenvalue weighted by molar-refractivity contribution is 0.659. The molecule has 0 N–H and O–H groups in total. The number of benzene rings is 4. The van der Waals surface area contributed by atoms with Gasteiger partial charge in [0.25, 0.3) is 0 Å². The topological polar surface area (TPSA) is 0 Å². The van der Waals surface area contributed by atoms with Crippen LogP contribution in [-0.2, 0) is 5.41 Å². The summed E-state index contributed by atoms with van der Waals surface area (Å²) in [5.74, 6) is 0. The number of fused-ring (bicyclic) bond motifs is 4. The molecule has 0 aromatic heterocycles. The Bertz CT molecular complexity index is 1110. The van der Waals surface area contributed by atoms with Crippen molar-refractivity contribution in [2.75, 3.05) is 0 Å². The van der Waals surface area contributed by atoms with Gasteiger partial charge in [-0.15, -0.1) is 0 Å². The van der Waals surface area contributed by atoms with Gasteiger partial charge in [0, 0.05) is 5.41 Å². The van der Waals surface area contributed by atoms with Crippen molar-refractivity contribution >= 4 is 10.8 Å². The third-order valence-corrected chi connectivity index (χ3v) is 5.56. The van der Waals surface area contributed by atoms with Gasteiger partial charge in [-0.1, -0.05) is 86.6 Å². The summed E-state index contributed by atoms with van der Waals surface area (Å²) in [7, 11) is 0. The molecular weight excluding hydrogens is 300 g/mol. The molecule has 0 amide bonds. The summed E-state index contributed by atoms with van der Waals surface area (Å²) in [6, 6.07) is 31.9. The van der Waals surface area contributed by atoms with Crippen molar-refractivity contribution in [3.63, 3.8) is 0 Å². The molecule has 0 heterocycles.